The molecular formula is C23H24. The maximum Gasteiger partial charge on any atom is -0.0000141 e. The van der Waals surface area contributed by atoms with Crippen LogP contribution in [0.15, 0.2) is 79.4 Å². The van der Waals surface area contributed by atoms with Crippen LogP contribution in [0.4, 0.5) is 0 Å². The van der Waals surface area contributed by atoms with Gasteiger partial charge in [-0.3, -0.25) is 0 Å². The van der Waals surface area contributed by atoms with Crippen LogP contribution in [0, 0.1) is 12.3 Å². The van der Waals surface area contributed by atoms with Gasteiger partial charge in [0.15, 0.2) is 0 Å². The van der Waals surface area contributed by atoms with E-state index < -0.39 is 0 Å². The molecule has 0 bridgehead atoms. The van der Waals surface area contributed by atoms with Crippen LogP contribution in [-0.4, -0.2) is 0 Å². The van der Waals surface area contributed by atoms with E-state index >= 15 is 0 Å². The highest BCUT2D eigenvalue weighted by atomic mass is 14.4. The van der Waals surface area contributed by atoms with Gasteiger partial charge in [0, 0.05) is 0 Å². The van der Waals surface area contributed by atoms with Crippen molar-refractivity contribution in [2.45, 2.75) is 26.7 Å². The van der Waals surface area contributed by atoms with Crippen molar-refractivity contribution >= 4 is 11.1 Å². The fourth-order valence-corrected chi connectivity index (χ4v) is 3.35. The predicted octanol–water partition coefficient (Wildman–Crippen LogP) is 6.45. The first-order chi connectivity index (χ1) is 11.0. The zero-order valence-electron chi connectivity index (χ0n) is 14.1. The molecule has 0 spiro atoms. The third kappa shape index (κ3) is 3.22. The molecule has 0 heterocycles. The maximum atomic E-state index is 4.33. The number of benzene rings is 2. The van der Waals surface area contributed by atoms with Crippen molar-refractivity contribution in [2.75, 3.05) is 0 Å². The molecule has 1 aliphatic rings. The summed E-state index contributed by atoms with van der Waals surface area (Å²) in [6, 6.07) is 19.3. The zero-order chi connectivity index (χ0) is 16.4. The van der Waals surface area contributed by atoms with Gasteiger partial charge in [0.1, 0.15) is 0 Å². The third-order valence-electron chi connectivity index (χ3n) is 4.91. The summed E-state index contributed by atoms with van der Waals surface area (Å²) in [7, 11) is 0. The molecule has 0 N–H and O–H groups in total. The van der Waals surface area contributed by atoms with E-state index in [9.17, 15) is 0 Å². The Balaban J connectivity index is 1.77. The van der Waals surface area contributed by atoms with E-state index in [-0.39, 0.29) is 5.41 Å². The van der Waals surface area contributed by atoms with E-state index in [2.05, 4.69) is 87.7 Å². The van der Waals surface area contributed by atoms with E-state index in [0.717, 1.165) is 12.8 Å². The minimum atomic E-state index is 0.0626. The van der Waals surface area contributed by atoms with Crippen LogP contribution in [0.1, 0.15) is 36.5 Å². The molecule has 0 aliphatic heterocycles. The molecule has 1 aliphatic carbocycles. The van der Waals surface area contributed by atoms with Gasteiger partial charge in [0.05, 0.1) is 0 Å². The van der Waals surface area contributed by atoms with Crippen molar-refractivity contribution in [3.63, 3.8) is 0 Å². The fraction of sp³-hybridized carbons (Fsp3) is 0.217. The van der Waals surface area contributed by atoms with Gasteiger partial charge in [-0.2, -0.15) is 0 Å². The van der Waals surface area contributed by atoms with Gasteiger partial charge in [0.25, 0.3) is 0 Å². The van der Waals surface area contributed by atoms with Crippen LogP contribution in [0.2, 0.25) is 0 Å². The lowest BCUT2D eigenvalue weighted by Gasteiger charge is -2.27. The van der Waals surface area contributed by atoms with Crippen LogP contribution in [0.25, 0.3) is 11.1 Å². The SMILES string of the molecule is C=C(CC1(C)CC(c2ccccc2)=CC1=C)c1ccc(C)cc1. The molecule has 0 saturated heterocycles. The number of rotatable bonds is 4. The van der Waals surface area contributed by atoms with Gasteiger partial charge >= 0.3 is 0 Å². The van der Waals surface area contributed by atoms with Crippen molar-refractivity contribution in [3.05, 3.63) is 96.1 Å². The highest BCUT2D eigenvalue weighted by molar-refractivity contribution is 5.75. The van der Waals surface area contributed by atoms with Gasteiger partial charge in [0.2, 0.25) is 0 Å². The minimum absolute atomic E-state index is 0.0626. The van der Waals surface area contributed by atoms with Crippen LogP contribution in [-0.2, 0) is 0 Å². The van der Waals surface area contributed by atoms with E-state index in [1.807, 2.05) is 0 Å². The lowest BCUT2D eigenvalue weighted by molar-refractivity contribution is 0.448. The number of aryl methyl sites for hydroxylation is 1. The van der Waals surface area contributed by atoms with Crippen LogP contribution in [0.5, 0.6) is 0 Å². The van der Waals surface area contributed by atoms with Crippen molar-refractivity contribution in [3.8, 4) is 0 Å². The van der Waals surface area contributed by atoms with Crippen LogP contribution < -0.4 is 0 Å². The Kier molecular flexibility index (Phi) is 4.09. The summed E-state index contributed by atoms with van der Waals surface area (Å²) in [5.41, 5.74) is 7.67. The number of hydrogen-bond acceptors (Lipinski definition) is 0. The monoisotopic (exact) mass is 300 g/mol. The largest absolute Gasteiger partial charge is 0.0952 e. The molecule has 2 aromatic rings. The molecule has 0 saturated carbocycles. The highest BCUT2D eigenvalue weighted by Gasteiger charge is 2.34. The molecule has 1 unspecified atom stereocenters. The minimum Gasteiger partial charge on any atom is -0.0952 e. The van der Waals surface area contributed by atoms with Crippen molar-refractivity contribution in [1.29, 1.82) is 0 Å². The van der Waals surface area contributed by atoms with Gasteiger partial charge in [-0.1, -0.05) is 86.3 Å². The smallest absolute Gasteiger partial charge is 0.0000141 e. The maximum absolute atomic E-state index is 4.33. The van der Waals surface area contributed by atoms with E-state index in [1.165, 1.54) is 33.4 Å². The standard InChI is InChI=1S/C23H24/c1-17-10-12-20(13-11-17)18(2)15-23(4)16-22(14-19(23)3)21-8-6-5-7-9-21/h5-14H,2-3,15-16H2,1,4H3. The molecule has 2 aromatic carbocycles. The predicted molar refractivity (Wildman–Crippen MR) is 101 cm³/mol. The summed E-state index contributed by atoms with van der Waals surface area (Å²) in [6.07, 6.45) is 4.24. The van der Waals surface area contributed by atoms with Crippen molar-refractivity contribution in [2.24, 2.45) is 5.41 Å². The van der Waals surface area contributed by atoms with E-state index in [0.29, 0.717) is 0 Å². The lowest BCUT2D eigenvalue weighted by atomic mass is 9.76. The average molecular weight is 300 g/mol. The zero-order valence-corrected chi connectivity index (χ0v) is 14.1. The Morgan fingerprint density at radius 3 is 2.35 bits per heavy atom. The first kappa shape index (κ1) is 15.6. The quantitative estimate of drug-likeness (QED) is 0.608. The van der Waals surface area contributed by atoms with E-state index in [1.54, 1.807) is 0 Å². The lowest BCUT2D eigenvalue weighted by Crippen LogP contribution is -2.14. The Morgan fingerprint density at radius 2 is 1.70 bits per heavy atom. The molecule has 116 valence electrons. The first-order valence-corrected chi connectivity index (χ1v) is 8.18. The van der Waals surface area contributed by atoms with Gasteiger partial charge < -0.3 is 0 Å². The molecular weight excluding hydrogens is 276 g/mol. The van der Waals surface area contributed by atoms with E-state index in [4.69, 9.17) is 0 Å². The van der Waals surface area contributed by atoms with Crippen molar-refractivity contribution in [1.82, 2.24) is 0 Å². The van der Waals surface area contributed by atoms with Gasteiger partial charge in [-0.25, -0.2) is 0 Å². The summed E-state index contributed by atoms with van der Waals surface area (Å²) in [6.45, 7) is 13.1. The fourth-order valence-electron chi connectivity index (χ4n) is 3.35. The van der Waals surface area contributed by atoms with Gasteiger partial charge in [-0.15, -0.1) is 0 Å². The molecule has 0 nitrogen and oxygen atoms in total. The molecule has 0 aromatic heterocycles. The molecule has 3 rings (SSSR count). The average Bonchev–Trinajstić information content (AvgIpc) is 2.84. The first-order valence-electron chi connectivity index (χ1n) is 8.18. The molecule has 0 fully saturated rings. The molecule has 0 heteroatoms. The number of hydrogen-bond donors (Lipinski definition) is 0. The summed E-state index contributed by atoms with van der Waals surface area (Å²) in [4.78, 5) is 0. The second-order valence-corrected chi connectivity index (χ2v) is 6.94. The summed E-state index contributed by atoms with van der Waals surface area (Å²) < 4.78 is 0. The topological polar surface area (TPSA) is 0 Å². The summed E-state index contributed by atoms with van der Waals surface area (Å²) in [5.74, 6) is 0. The van der Waals surface area contributed by atoms with Crippen LogP contribution >= 0.6 is 0 Å². The third-order valence-corrected chi connectivity index (χ3v) is 4.91. The second-order valence-electron chi connectivity index (χ2n) is 6.94. The molecule has 0 amide bonds. The normalized spacial score (nSPS) is 20.4. The number of allylic oxidation sites excluding steroid dienone is 4. The molecule has 23 heavy (non-hydrogen) atoms. The molecule has 1 atom stereocenters. The van der Waals surface area contributed by atoms with Crippen molar-refractivity contribution < 1.29 is 0 Å². The summed E-state index contributed by atoms with van der Waals surface area (Å²) >= 11 is 0. The summed E-state index contributed by atoms with van der Waals surface area (Å²) in [5, 5.41) is 0. The Morgan fingerprint density at radius 1 is 1.04 bits per heavy atom. The Bertz CT molecular complexity index is 759. The van der Waals surface area contributed by atoms with Gasteiger partial charge in [-0.05, 0) is 53.0 Å². The Hall–Kier alpha value is -2.34. The molecule has 0 radical (unpaired) electrons. The second kappa shape index (κ2) is 6.04. The Labute approximate surface area is 139 Å². The van der Waals surface area contributed by atoms with Crippen LogP contribution in [0.3, 0.4) is 0 Å². The highest BCUT2D eigenvalue weighted by Crippen LogP contribution is 2.49.